The van der Waals surface area contributed by atoms with E-state index in [9.17, 15) is 18.0 Å². The molecule has 0 bridgehead atoms. The molecule has 192 valence electrons. The molecule has 0 atom stereocenters. The number of fused-ring (bicyclic) bond motifs is 1. The number of nitrogens with one attached hydrogen (secondary N) is 2. The first-order chi connectivity index (χ1) is 17.2. The summed E-state index contributed by atoms with van der Waals surface area (Å²) in [5.74, 6) is 0.717. The predicted octanol–water partition coefficient (Wildman–Crippen LogP) is 4.26. The number of rotatable bonds is 9. The van der Waals surface area contributed by atoms with Gasteiger partial charge in [0.05, 0.1) is 13.7 Å². The first-order valence-electron chi connectivity index (χ1n) is 11.6. The van der Waals surface area contributed by atoms with Gasteiger partial charge >= 0.3 is 6.18 Å². The van der Waals surface area contributed by atoms with Crippen LogP contribution in [-0.4, -0.2) is 36.1 Å². The van der Waals surface area contributed by atoms with E-state index in [0.29, 0.717) is 29.3 Å². The van der Waals surface area contributed by atoms with Gasteiger partial charge < -0.3 is 25.5 Å². The Morgan fingerprint density at radius 3 is 2.61 bits per heavy atom. The molecule has 0 saturated heterocycles. The number of benzene rings is 1. The molecule has 3 aromatic rings. The van der Waals surface area contributed by atoms with Crippen molar-refractivity contribution in [1.82, 2.24) is 20.6 Å². The van der Waals surface area contributed by atoms with Gasteiger partial charge in [-0.15, -0.1) is 0 Å². The molecule has 2 aromatic heterocycles. The highest BCUT2D eigenvalue weighted by atomic mass is 19.4. The van der Waals surface area contributed by atoms with Crippen molar-refractivity contribution in [2.75, 3.05) is 20.2 Å². The average Bonchev–Trinajstić information content (AvgIpc) is 3.25. The molecular weight excluding hydrogens is 475 g/mol. The molecule has 0 spiro atoms. The van der Waals surface area contributed by atoms with Gasteiger partial charge in [0.1, 0.15) is 17.0 Å². The molecule has 11 heteroatoms. The SMILES string of the molecule is C=C(NCC)C1CC(CNC(=O)c2nc(-c3ccc(OC)c4nc(C(F)(F)F)ccc34)oc2CN)C1. The molecule has 2 heterocycles. The fourth-order valence-electron chi connectivity index (χ4n) is 4.36. The molecule has 1 aliphatic rings. The zero-order chi connectivity index (χ0) is 26.0. The minimum atomic E-state index is -4.61. The maximum Gasteiger partial charge on any atom is 0.433 e. The van der Waals surface area contributed by atoms with Gasteiger partial charge in [0.15, 0.2) is 11.5 Å². The zero-order valence-corrected chi connectivity index (χ0v) is 20.0. The van der Waals surface area contributed by atoms with Gasteiger partial charge in [0.25, 0.3) is 5.91 Å². The summed E-state index contributed by atoms with van der Waals surface area (Å²) >= 11 is 0. The van der Waals surface area contributed by atoms with Crippen LogP contribution in [0.25, 0.3) is 22.4 Å². The molecule has 0 radical (unpaired) electrons. The van der Waals surface area contributed by atoms with Crippen molar-refractivity contribution < 1.29 is 27.1 Å². The normalized spacial score (nSPS) is 17.5. The lowest BCUT2D eigenvalue weighted by Crippen LogP contribution is -2.38. The quantitative estimate of drug-likeness (QED) is 0.400. The summed E-state index contributed by atoms with van der Waals surface area (Å²) in [7, 11) is 1.34. The molecular formula is C25H28F3N5O3. The van der Waals surface area contributed by atoms with Crippen molar-refractivity contribution in [3.8, 4) is 17.2 Å². The fourth-order valence-corrected chi connectivity index (χ4v) is 4.36. The molecule has 1 aliphatic carbocycles. The van der Waals surface area contributed by atoms with E-state index in [0.717, 1.165) is 31.1 Å². The largest absolute Gasteiger partial charge is 0.494 e. The highest BCUT2D eigenvalue weighted by Crippen LogP contribution is 2.38. The number of allylic oxidation sites excluding steroid dienone is 1. The van der Waals surface area contributed by atoms with Gasteiger partial charge in [-0.3, -0.25) is 4.79 Å². The second-order valence-corrected chi connectivity index (χ2v) is 8.70. The second kappa shape index (κ2) is 10.2. The van der Waals surface area contributed by atoms with Gasteiger partial charge in [-0.25, -0.2) is 9.97 Å². The van der Waals surface area contributed by atoms with Gasteiger partial charge in [-0.1, -0.05) is 6.58 Å². The van der Waals surface area contributed by atoms with Crippen molar-refractivity contribution >= 4 is 16.8 Å². The number of alkyl halides is 3. The first kappa shape index (κ1) is 25.5. The lowest BCUT2D eigenvalue weighted by atomic mass is 9.73. The summed E-state index contributed by atoms with van der Waals surface area (Å²) in [5, 5.41) is 6.46. The van der Waals surface area contributed by atoms with Gasteiger partial charge in [0, 0.05) is 29.7 Å². The number of methoxy groups -OCH3 is 1. The number of amides is 1. The third kappa shape index (κ3) is 5.01. The summed E-state index contributed by atoms with van der Waals surface area (Å²) < 4.78 is 50.6. The number of hydrogen-bond donors (Lipinski definition) is 3. The summed E-state index contributed by atoms with van der Waals surface area (Å²) in [4.78, 5) is 21.0. The molecule has 1 amide bonds. The average molecular weight is 504 g/mol. The smallest absolute Gasteiger partial charge is 0.433 e. The molecule has 0 aliphatic heterocycles. The number of nitrogens with zero attached hydrogens (tertiary/aromatic N) is 2. The monoisotopic (exact) mass is 503 g/mol. The Kier molecular flexibility index (Phi) is 7.21. The van der Waals surface area contributed by atoms with Crippen LogP contribution >= 0.6 is 0 Å². The van der Waals surface area contributed by atoms with Crippen LogP contribution in [0.2, 0.25) is 0 Å². The van der Waals surface area contributed by atoms with Crippen LogP contribution in [0.4, 0.5) is 13.2 Å². The Balaban J connectivity index is 1.56. The Hall–Kier alpha value is -3.60. The minimum Gasteiger partial charge on any atom is -0.494 e. The van der Waals surface area contributed by atoms with Crippen LogP contribution < -0.4 is 21.1 Å². The van der Waals surface area contributed by atoms with Crippen LogP contribution in [0.3, 0.4) is 0 Å². The van der Waals surface area contributed by atoms with Crippen LogP contribution in [0, 0.1) is 11.8 Å². The number of nitrogens with two attached hydrogens (primary N) is 1. The van der Waals surface area contributed by atoms with Crippen LogP contribution in [0.15, 0.2) is 41.0 Å². The standard InChI is InChI=1S/C25H28F3N5O3/c1-4-30-13(2)15-9-14(10-15)12-31-23(34)22-19(11-29)36-24(33-22)17-5-7-18(35-3)21-16(17)6-8-20(32-21)25(26,27)28/h5-8,14-15,30H,2,4,9-12,29H2,1,3H3,(H,31,34). The number of oxazole rings is 1. The van der Waals surface area contributed by atoms with Crippen molar-refractivity contribution in [1.29, 1.82) is 0 Å². The number of carbonyl (C=O) groups excluding carboxylic acids is 1. The van der Waals surface area contributed by atoms with E-state index in [-0.39, 0.29) is 35.2 Å². The summed E-state index contributed by atoms with van der Waals surface area (Å²) in [5.41, 5.74) is 6.18. The summed E-state index contributed by atoms with van der Waals surface area (Å²) in [6.45, 7) is 7.30. The van der Waals surface area contributed by atoms with Gasteiger partial charge in [-0.2, -0.15) is 13.2 Å². The summed E-state index contributed by atoms with van der Waals surface area (Å²) in [6.07, 6.45) is -2.74. The lowest BCUT2D eigenvalue weighted by Gasteiger charge is -2.36. The van der Waals surface area contributed by atoms with E-state index in [1.807, 2.05) is 6.92 Å². The van der Waals surface area contributed by atoms with Crippen LogP contribution in [0.1, 0.15) is 41.7 Å². The van der Waals surface area contributed by atoms with E-state index < -0.39 is 17.8 Å². The Morgan fingerprint density at radius 2 is 1.97 bits per heavy atom. The van der Waals surface area contributed by atoms with Crippen molar-refractivity contribution in [3.63, 3.8) is 0 Å². The predicted molar refractivity (Wildman–Crippen MR) is 128 cm³/mol. The van der Waals surface area contributed by atoms with Crippen LogP contribution in [0.5, 0.6) is 5.75 Å². The van der Waals surface area contributed by atoms with E-state index in [1.54, 1.807) is 6.07 Å². The lowest BCUT2D eigenvalue weighted by molar-refractivity contribution is -0.140. The van der Waals surface area contributed by atoms with E-state index in [4.69, 9.17) is 14.9 Å². The maximum atomic E-state index is 13.2. The van der Waals surface area contributed by atoms with Crippen LogP contribution in [-0.2, 0) is 12.7 Å². The molecule has 4 rings (SSSR count). The van der Waals surface area contributed by atoms with Crippen molar-refractivity contribution in [3.05, 3.63) is 53.7 Å². The number of halogens is 3. The maximum absolute atomic E-state index is 13.2. The topological polar surface area (TPSA) is 115 Å². The molecule has 4 N–H and O–H groups in total. The van der Waals surface area contributed by atoms with E-state index in [2.05, 4.69) is 27.2 Å². The van der Waals surface area contributed by atoms with Crippen molar-refractivity contribution in [2.45, 2.75) is 32.5 Å². The molecule has 36 heavy (non-hydrogen) atoms. The first-order valence-corrected chi connectivity index (χ1v) is 11.6. The van der Waals surface area contributed by atoms with Gasteiger partial charge in [-0.05, 0) is 55.9 Å². The molecule has 0 unspecified atom stereocenters. The summed E-state index contributed by atoms with van der Waals surface area (Å²) in [6, 6.07) is 5.23. The third-order valence-electron chi connectivity index (χ3n) is 6.34. The number of pyridine rings is 1. The number of ether oxygens (including phenoxy) is 1. The van der Waals surface area contributed by atoms with Crippen molar-refractivity contribution in [2.24, 2.45) is 17.6 Å². The molecule has 1 aromatic carbocycles. The zero-order valence-electron chi connectivity index (χ0n) is 20.0. The number of aromatic nitrogens is 2. The minimum absolute atomic E-state index is 0.00186. The second-order valence-electron chi connectivity index (χ2n) is 8.70. The highest BCUT2D eigenvalue weighted by molar-refractivity contribution is 5.98. The highest BCUT2D eigenvalue weighted by Gasteiger charge is 2.34. The Bertz CT molecular complexity index is 1280. The number of hydrogen-bond acceptors (Lipinski definition) is 7. The Labute approximate surface area is 206 Å². The molecule has 1 fully saturated rings. The molecule has 1 saturated carbocycles. The van der Waals surface area contributed by atoms with E-state index >= 15 is 0 Å². The Morgan fingerprint density at radius 1 is 1.22 bits per heavy atom. The fraction of sp³-hybridized carbons (Fsp3) is 0.400. The third-order valence-corrected chi connectivity index (χ3v) is 6.34. The molecule has 8 nitrogen and oxygen atoms in total. The van der Waals surface area contributed by atoms with E-state index in [1.165, 1.54) is 19.2 Å². The van der Waals surface area contributed by atoms with Gasteiger partial charge in [0.2, 0.25) is 5.89 Å². The number of carbonyl (C=O) groups is 1.